The summed E-state index contributed by atoms with van der Waals surface area (Å²) in [5.74, 6) is 1.48. The molecule has 0 fully saturated rings. The van der Waals surface area contributed by atoms with Gasteiger partial charge in [0, 0.05) is 10.4 Å². The Kier molecular flexibility index (Phi) is 4.47. The van der Waals surface area contributed by atoms with E-state index >= 15 is 0 Å². The first-order valence-electron chi connectivity index (χ1n) is 6.90. The third kappa shape index (κ3) is 3.71. The second-order valence-corrected chi connectivity index (χ2v) is 5.63. The lowest BCUT2D eigenvalue weighted by molar-refractivity contribution is 0.104. The molecule has 0 saturated heterocycles. The predicted octanol–water partition coefficient (Wildman–Crippen LogP) is 5.44. The molecule has 0 aliphatic rings. The number of hydrogen-bond acceptors (Lipinski definition) is 3. The van der Waals surface area contributed by atoms with Crippen molar-refractivity contribution in [2.24, 2.45) is 0 Å². The molecule has 3 aromatic rings. The summed E-state index contributed by atoms with van der Waals surface area (Å²) >= 11 is 1.60. The molecular formula is C19H14O2S. The van der Waals surface area contributed by atoms with Crippen LogP contribution in [0.1, 0.15) is 15.2 Å². The van der Waals surface area contributed by atoms with E-state index in [2.05, 4.69) is 0 Å². The van der Waals surface area contributed by atoms with Crippen molar-refractivity contribution in [3.8, 4) is 11.5 Å². The number of allylic oxidation sites excluding steroid dienone is 1. The molecule has 1 aromatic heterocycles. The molecule has 0 radical (unpaired) electrons. The molecule has 1 heterocycles. The van der Waals surface area contributed by atoms with E-state index in [1.54, 1.807) is 41.7 Å². The molecule has 0 saturated carbocycles. The van der Waals surface area contributed by atoms with E-state index in [0.29, 0.717) is 11.3 Å². The van der Waals surface area contributed by atoms with Crippen molar-refractivity contribution in [2.75, 3.05) is 0 Å². The molecule has 0 unspecified atom stereocenters. The number of para-hydroxylation sites is 1. The molecule has 0 bridgehead atoms. The van der Waals surface area contributed by atoms with E-state index in [1.165, 1.54) is 0 Å². The second kappa shape index (κ2) is 6.87. The summed E-state index contributed by atoms with van der Waals surface area (Å²) in [4.78, 5) is 13.2. The Morgan fingerprint density at radius 3 is 2.27 bits per heavy atom. The van der Waals surface area contributed by atoms with Gasteiger partial charge in [-0.15, -0.1) is 11.3 Å². The van der Waals surface area contributed by atoms with Crippen molar-refractivity contribution in [3.05, 3.63) is 88.6 Å². The SMILES string of the molecule is O=C(/C=C/c1cccs1)c1ccc(Oc2ccccc2)cc1. The number of carbonyl (C=O) groups is 1. The molecule has 0 atom stereocenters. The Bertz CT molecular complexity index is 757. The first kappa shape index (κ1) is 14.3. The van der Waals surface area contributed by atoms with E-state index in [9.17, 15) is 4.79 Å². The van der Waals surface area contributed by atoms with E-state index in [-0.39, 0.29) is 5.78 Å². The van der Waals surface area contributed by atoms with Crippen LogP contribution >= 0.6 is 11.3 Å². The van der Waals surface area contributed by atoms with Gasteiger partial charge < -0.3 is 4.74 Å². The van der Waals surface area contributed by atoms with Gasteiger partial charge in [0.1, 0.15) is 11.5 Å². The van der Waals surface area contributed by atoms with Crippen LogP contribution in [0.5, 0.6) is 11.5 Å². The molecule has 22 heavy (non-hydrogen) atoms. The third-order valence-electron chi connectivity index (χ3n) is 3.06. The maximum atomic E-state index is 12.1. The molecule has 3 heteroatoms. The van der Waals surface area contributed by atoms with Gasteiger partial charge >= 0.3 is 0 Å². The molecule has 0 aliphatic heterocycles. The van der Waals surface area contributed by atoms with Crippen LogP contribution < -0.4 is 4.74 Å². The van der Waals surface area contributed by atoms with E-state index in [0.717, 1.165) is 10.6 Å². The van der Waals surface area contributed by atoms with Crippen molar-refractivity contribution >= 4 is 23.2 Å². The smallest absolute Gasteiger partial charge is 0.185 e. The molecule has 2 nitrogen and oxygen atoms in total. The zero-order valence-electron chi connectivity index (χ0n) is 11.8. The largest absolute Gasteiger partial charge is 0.457 e. The standard InChI is InChI=1S/C19H14O2S/c20-19(13-12-18-7-4-14-22-18)15-8-10-17(11-9-15)21-16-5-2-1-3-6-16/h1-14H/b13-12+. The topological polar surface area (TPSA) is 26.3 Å². The maximum absolute atomic E-state index is 12.1. The fourth-order valence-electron chi connectivity index (χ4n) is 1.95. The van der Waals surface area contributed by atoms with Crippen molar-refractivity contribution in [2.45, 2.75) is 0 Å². The summed E-state index contributed by atoms with van der Waals surface area (Å²) in [6, 6.07) is 20.7. The monoisotopic (exact) mass is 306 g/mol. The number of ketones is 1. The molecule has 0 N–H and O–H groups in total. The van der Waals surface area contributed by atoms with Crippen molar-refractivity contribution < 1.29 is 9.53 Å². The van der Waals surface area contributed by atoms with Gasteiger partial charge in [0.05, 0.1) is 0 Å². The van der Waals surface area contributed by atoms with Crippen LogP contribution in [0.15, 0.2) is 78.2 Å². The van der Waals surface area contributed by atoms with Crippen molar-refractivity contribution in [1.82, 2.24) is 0 Å². The van der Waals surface area contributed by atoms with E-state index in [1.807, 2.05) is 53.9 Å². The van der Waals surface area contributed by atoms with Gasteiger partial charge in [0.15, 0.2) is 5.78 Å². The van der Waals surface area contributed by atoms with Crippen LogP contribution in [-0.4, -0.2) is 5.78 Å². The third-order valence-corrected chi connectivity index (χ3v) is 3.90. The average molecular weight is 306 g/mol. The number of carbonyl (C=O) groups excluding carboxylic acids is 1. The predicted molar refractivity (Wildman–Crippen MR) is 90.6 cm³/mol. The van der Waals surface area contributed by atoms with Crippen LogP contribution in [-0.2, 0) is 0 Å². The van der Waals surface area contributed by atoms with Gasteiger partial charge in [-0.1, -0.05) is 24.3 Å². The average Bonchev–Trinajstić information content (AvgIpc) is 3.08. The van der Waals surface area contributed by atoms with Crippen LogP contribution in [0.25, 0.3) is 6.08 Å². The summed E-state index contributed by atoms with van der Waals surface area (Å²) in [6.07, 6.45) is 3.43. The summed E-state index contributed by atoms with van der Waals surface area (Å²) in [5.41, 5.74) is 0.646. The van der Waals surface area contributed by atoms with Gasteiger partial charge in [-0.25, -0.2) is 0 Å². The summed E-state index contributed by atoms with van der Waals surface area (Å²) in [5, 5.41) is 1.99. The lowest BCUT2D eigenvalue weighted by Crippen LogP contribution is -1.93. The van der Waals surface area contributed by atoms with Gasteiger partial charge in [-0.05, 0) is 60.0 Å². The minimum atomic E-state index is -0.0142. The quantitative estimate of drug-likeness (QED) is 0.463. The van der Waals surface area contributed by atoms with Gasteiger partial charge in [-0.3, -0.25) is 4.79 Å². The molecule has 108 valence electrons. The lowest BCUT2D eigenvalue weighted by atomic mass is 10.1. The van der Waals surface area contributed by atoms with Crippen molar-refractivity contribution in [3.63, 3.8) is 0 Å². The van der Waals surface area contributed by atoms with Gasteiger partial charge in [0.25, 0.3) is 0 Å². The molecule has 3 rings (SSSR count). The number of hydrogen-bond donors (Lipinski definition) is 0. The van der Waals surface area contributed by atoms with Crippen molar-refractivity contribution in [1.29, 1.82) is 0 Å². The first-order valence-corrected chi connectivity index (χ1v) is 7.78. The van der Waals surface area contributed by atoms with Crippen LogP contribution in [0, 0.1) is 0 Å². The molecular weight excluding hydrogens is 292 g/mol. The van der Waals surface area contributed by atoms with Crippen LogP contribution in [0.2, 0.25) is 0 Å². The Morgan fingerprint density at radius 1 is 0.864 bits per heavy atom. The van der Waals surface area contributed by atoms with Gasteiger partial charge in [-0.2, -0.15) is 0 Å². The minimum Gasteiger partial charge on any atom is -0.457 e. The van der Waals surface area contributed by atoms with E-state index in [4.69, 9.17) is 4.74 Å². The Morgan fingerprint density at radius 2 is 1.59 bits per heavy atom. The number of rotatable bonds is 5. The zero-order chi connectivity index (χ0) is 15.2. The zero-order valence-corrected chi connectivity index (χ0v) is 12.6. The molecule has 0 aliphatic carbocycles. The summed E-state index contributed by atoms with van der Waals surface area (Å²) < 4.78 is 5.70. The Balaban J connectivity index is 1.67. The van der Waals surface area contributed by atoms with Crippen LogP contribution in [0.4, 0.5) is 0 Å². The first-order chi connectivity index (χ1) is 10.8. The summed E-state index contributed by atoms with van der Waals surface area (Å²) in [6.45, 7) is 0. The minimum absolute atomic E-state index is 0.0142. The van der Waals surface area contributed by atoms with Gasteiger partial charge in [0.2, 0.25) is 0 Å². The molecule has 0 amide bonds. The fraction of sp³-hybridized carbons (Fsp3) is 0. The highest BCUT2D eigenvalue weighted by Crippen LogP contribution is 2.21. The highest BCUT2D eigenvalue weighted by Gasteiger charge is 2.03. The molecule has 0 spiro atoms. The number of ether oxygens (including phenoxy) is 1. The highest BCUT2D eigenvalue weighted by molar-refractivity contribution is 7.10. The Labute approximate surface area is 133 Å². The number of thiophene rings is 1. The normalized spacial score (nSPS) is 10.7. The highest BCUT2D eigenvalue weighted by atomic mass is 32.1. The van der Waals surface area contributed by atoms with Crippen LogP contribution in [0.3, 0.4) is 0 Å². The Hall–Kier alpha value is -2.65. The maximum Gasteiger partial charge on any atom is 0.185 e. The lowest BCUT2D eigenvalue weighted by Gasteiger charge is -2.05. The molecule has 2 aromatic carbocycles. The fourth-order valence-corrected chi connectivity index (χ4v) is 2.57. The number of benzene rings is 2. The second-order valence-electron chi connectivity index (χ2n) is 4.65. The van der Waals surface area contributed by atoms with E-state index < -0.39 is 0 Å². The summed E-state index contributed by atoms with van der Waals surface area (Å²) in [7, 11) is 0.